The molecule has 0 saturated carbocycles. The van der Waals surface area contributed by atoms with Crippen molar-refractivity contribution in [3.05, 3.63) is 41.5 Å². The van der Waals surface area contributed by atoms with E-state index in [1.54, 1.807) is 0 Å². The van der Waals surface area contributed by atoms with Gasteiger partial charge in [-0.15, -0.1) is 0 Å². The third-order valence-corrected chi connectivity index (χ3v) is 2.55. The lowest BCUT2D eigenvalue weighted by Crippen LogP contribution is -2.26. The van der Waals surface area contributed by atoms with E-state index < -0.39 is 0 Å². The Kier molecular flexibility index (Phi) is 5.13. The molecule has 0 aliphatic rings. The smallest absolute Gasteiger partial charge is 0.0167 e. The third kappa shape index (κ3) is 4.80. The largest absolute Gasteiger partial charge is 0.311 e. The van der Waals surface area contributed by atoms with Crippen molar-refractivity contribution in [2.24, 2.45) is 0 Å². The van der Waals surface area contributed by atoms with Crippen LogP contribution in [0.4, 0.5) is 0 Å². The van der Waals surface area contributed by atoms with Gasteiger partial charge in [0.05, 0.1) is 0 Å². The monoisotopic (exact) mass is 203 g/mol. The van der Waals surface area contributed by atoms with E-state index in [1.165, 1.54) is 17.6 Å². The molecule has 0 aliphatic carbocycles. The maximum atomic E-state index is 3.48. The van der Waals surface area contributed by atoms with E-state index >= 15 is 0 Å². The molecular formula is C14H21N. The molecule has 0 bridgehead atoms. The highest BCUT2D eigenvalue weighted by atomic mass is 14.9. The predicted octanol–water partition coefficient (Wildman–Crippen LogP) is 3.48. The van der Waals surface area contributed by atoms with E-state index in [1.807, 2.05) is 6.07 Å². The van der Waals surface area contributed by atoms with E-state index in [9.17, 15) is 0 Å². The molecule has 0 saturated heterocycles. The molecule has 1 aromatic rings. The maximum absolute atomic E-state index is 3.48. The lowest BCUT2D eigenvalue weighted by Gasteiger charge is -2.11. The zero-order valence-electron chi connectivity index (χ0n) is 9.96. The van der Waals surface area contributed by atoms with Gasteiger partial charge in [0.1, 0.15) is 0 Å². The van der Waals surface area contributed by atoms with Gasteiger partial charge in [-0.3, -0.25) is 0 Å². The molecule has 82 valence electrons. The quantitative estimate of drug-likeness (QED) is 0.772. The summed E-state index contributed by atoms with van der Waals surface area (Å²) in [5.41, 5.74) is 2.66. The third-order valence-electron chi connectivity index (χ3n) is 2.55. The van der Waals surface area contributed by atoms with Crippen LogP contribution in [0.15, 0.2) is 35.9 Å². The molecule has 0 aromatic heterocycles. The zero-order valence-corrected chi connectivity index (χ0v) is 9.96. The summed E-state index contributed by atoms with van der Waals surface area (Å²) in [6.45, 7) is 7.57. The van der Waals surface area contributed by atoms with Gasteiger partial charge < -0.3 is 5.32 Å². The summed E-state index contributed by atoms with van der Waals surface area (Å²) < 4.78 is 0. The molecule has 0 heterocycles. The minimum atomic E-state index is 0.601. The van der Waals surface area contributed by atoms with Crippen molar-refractivity contribution in [2.45, 2.75) is 33.2 Å². The molecule has 1 aromatic carbocycles. The van der Waals surface area contributed by atoms with Crippen LogP contribution < -0.4 is 5.32 Å². The Balaban J connectivity index is 2.46. The summed E-state index contributed by atoms with van der Waals surface area (Å²) in [4.78, 5) is 0. The maximum Gasteiger partial charge on any atom is 0.0167 e. The molecular weight excluding hydrogens is 182 g/mol. The predicted molar refractivity (Wildman–Crippen MR) is 67.8 cm³/mol. The van der Waals surface area contributed by atoms with Gasteiger partial charge >= 0.3 is 0 Å². The first kappa shape index (κ1) is 12.0. The van der Waals surface area contributed by atoms with Crippen molar-refractivity contribution in [1.82, 2.24) is 5.32 Å². The lowest BCUT2D eigenvalue weighted by molar-refractivity contribution is 0.560. The first-order valence-corrected chi connectivity index (χ1v) is 5.68. The minimum absolute atomic E-state index is 0.601. The highest BCUT2D eigenvalue weighted by Crippen LogP contribution is 2.05. The van der Waals surface area contributed by atoms with Crippen molar-refractivity contribution in [3.8, 4) is 0 Å². The van der Waals surface area contributed by atoms with E-state index in [2.05, 4.69) is 56.4 Å². The van der Waals surface area contributed by atoms with Crippen LogP contribution in [0.5, 0.6) is 0 Å². The van der Waals surface area contributed by atoms with Crippen molar-refractivity contribution >= 4 is 6.08 Å². The van der Waals surface area contributed by atoms with Crippen molar-refractivity contribution in [1.29, 1.82) is 0 Å². The minimum Gasteiger partial charge on any atom is -0.311 e. The normalized spacial score (nSPS) is 13.9. The fraction of sp³-hybridized carbons (Fsp3) is 0.429. The van der Waals surface area contributed by atoms with Gasteiger partial charge in [0.25, 0.3) is 0 Å². The van der Waals surface area contributed by atoms with Crippen LogP contribution in [0.3, 0.4) is 0 Å². The molecule has 1 nitrogen and oxygen atoms in total. The molecule has 15 heavy (non-hydrogen) atoms. The van der Waals surface area contributed by atoms with Gasteiger partial charge in [-0.2, -0.15) is 0 Å². The Hall–Kier alpha value is -1.08. The van der Waals surface area contributed by atoms with E-state index in [4.69, 9.17) is 0 Å². The Bertz CT molecular complexity index is 300. The molecule has 1 rings (SSSR count). The van der Waals surface area contributed by atoms with Gasteiger partial charge in [0.15, 0.2) is 0 Å². The molecule has 0 spiro atoms. The first-order valence-electron chi connectivity index (χ1n) is 5.68. The van der Waals surface area contributed by atoms with Crippen molar-refractivity contribution < 1.29 is 0 Å². The Labute approximate surface area is 93.2 Å². The highest BCUT2D eigenvalue weighted by molar-refractivity contribution is 5.52. The lowest BCUT2D eigenvalue weighted by atomic mass is 10.1. The van der Waals surface area contributed by atoms with Crippen molar-refractivity contribution in [3.63, 3.8) is 0 Å². The number of hydrogen-bond acceptors (Lipinski definition) is 1. The van der Waals surface area contributed by atoms with E-state index in [0.717, 1.165) is 6.54 Å². The standard InChI is InChI=1S/C14H21N/c1-4-13(3)15-11-12(2)10-14-8-6-5-7-9-14/h5-10,13,15H,4,11H2,1-3H3/b12-10+/t13-/m0/s1. The van der Waals surface area contributed by atoms with Gasteiger partial charge in [0, 0.05) is 12.6 Å². The van der Waals surface area contributed by atoms with Gasteiger partial charge in [-0.25, -0.2) is 0 Å². The van der Waals surface area contributed by atoms with Crippen LogP contribution in [-0.2, 0) is 0 Å². The zero-order chi connectivity index (χ0) is 11.1. The molecule has 1 heteroatoms. The second-order valence-corrected chi connectivity index (χ2v) is 4.09. The van der Waals surface area contributed by atoms with Crippen LogP contribution in [0, 0.1) is 0 Å². The molecule has 1 atom stereocenters. The summed E-state index contributed by atoms with van der Waals surface area (Å²) in [6.07, 6.45) is 3.41. The molecule has 1 N–H and O–H groups in total. The molecule has 0 fully saturated rings. The SMILES string of the molecule is CC[C@H](C)NC/C(C)=C/c1ccccc1. The van der Waals surface area contributed by atoms with Crippen molar-refractivity contribution in [2.75, 3.05) is 6.54 Å². The van der Waals surface area contributed by atoms with E-state index in [-0.39, 0.29) is 0 Å². The number of benzene rings is 1. The Morgan fingerprint density at radius 3 is 2.60 bits per heavy atom. The second kappa shape index (κ2) is 6.41. The molecule has 0 radical (unpaired) electrons. The summed E-state index contributed by atoms with van der Waals surface area (Å²) in [6, 6.07) is 11.1. The summed E-state index contributed by atoms with van der Waals surface area (Å²) in [7, 11) is 0. The van der Waals surface area contributed by atoms with Crippen LogP contribution in [0.2, 0.25) is 0 Å². The van der Waals surface area contributed by atoms with Gasteiger partial charge in [-0.1, -0.05) is 48.9 Å². The number of nitrogens with one attached hydrogen (secondary N) is 1. The highest BCUT2D eigenvalue weighted by Gasteiger charge is 1.96. The van der Waals surface area contributed by atoms with Crippen LogP contribution in [0.1, 0.15) is 32.8 Å². The van der Waals surface area contributed by atoms with Crippen LogP contribution >= 0.6 is 0 Å². The molecule has 0 amide bonds. The van der Waals surface area contributed by atoms with Crippen LogP contribution in [0.25, 0.3) is 6.08 Å². The Morgan fingerprint density at radius 1 is 1.33 bits per heavy atom. The average molecular weight is 203 g/mol. The van der Waals surface area contributed by atoms with Crippen LogP contribution in [-0.4, -0.2) is 12.6 Å². The topological polar surface area (TPSA) is 12.0 Å². The fourth-order valence-corrected chi connectivity index (χ4v) is 1.36. The average Bonchev–Trinajstić information content (AvgIpc) is 2.27. The first-order chi connectivity index (χ1) is 7.22. The molecule has 0 unspecified atom stereocenters. The number of hydrogen-bond donors (Lipinski definition) is 1. The second-order valence-electron chi connectivity index (χ2n) is 4.09. The van der Waals surface area contributed by atoms with Gasteiger partial charge in [-0.05, 0) is 25.8 Å². The summed E-state index contributed by atoms with van der Waals surface area (Å²) >= 11 is 0. The number of rotatable bonds is 5. The van der Waals surface area contributed by atoms with E-state index in [0.29, 0.717) is 6.04 Å². The van der Waals surface area contributed by atoms with Gasteiger partial charge in [0.2, 0.25) is 0 Å². The fourth-order valence-electron chi connectivity index (χ4n) is 1.36. The molecule has 0 aliphatic heterocycles. The summed E-state index contributed by atoms with van der Waals surface area (Å²) in [5, 5.41) is 3.48. The Morgan fingerprint density at radius 2 is 2.00 bits per heavy atom. The summed E-state index contributed by atoms with van der Waals surface area (Å²) in [5.74, 6) is 0.